The molecule has 3 aromatic rings. The van der Waals surface area contributed by atoms with Gasteiger partial charge in [-0.25, -0.2) is 9.59 Å². The van der Waals surface area contributed by atoms with E-state index in [1.165, 1.54) is 0 Å². The second kappa shape index (κ2) is 10.9. The van der Waals surface area contributed by atoms with Crippen LogP contribution < -0.4 is 5.32 Å². The Hall–Kier alpha value is -4.12. The van der Waals surface area contributed by atoms with E-state index in [1.54, 1.807) is 13.8 Å². The largest absolute Gasteiger partial charge is 0.463 e. The van der Waals surface area contributed by atoms with Crippen molar-refractivity contribution in [3.63, 3.8) is 0 Å². The van der Waals surface area contributed by atoms with Crippen molar-refractivity contribution in [2.45, 2.75) is 26.8 Å². The monoisotopic (exact) mass is 467 g/mol. The number of nitrogens with one attached hydrogen (secondary N) is 1. The number of esters is 2. The lowest BCUT2D eigenvalue weighted by molar-refractivity contribution is -0.138. The first kappa shape index (κ1) is 24.0. The summed E-state index contributed by atoms with van der Waals surface area (Å²) in [6, 6.07) is 26.6. The highest BCUT2D eigenvalue weighted by Gasteiger charge is 2.38. The van der Waals surface area contributed by atoms with Gasteiger partial charge in [0.05, 0.1) is 36.1 Å². The third-order valence-electron chi connectivity index (χ3n) is 5.86. The molecule has 0 fully saturated rings. The Kier molecular flexibility index (Phi) is 7.46. The molecule has 3 aromatic carbocycles. The summed E-state index contributed by atoms with van der Waals surface area (Å²) in [6.07, 6.45) is 0. The number of carbonyl (C=O) groups excluding carboxylic acids is 2. The minimum absolute atomic E-state index is 0.211. The number of dihydropyridines is 1. The normalized spacial score (nSPS) is 15.5. The van der Waals surface area contributed by atoms with Crippen LogP contribution in [0.2, 0.25) is 0 Å². The van der Waals surface area contributed by atoms with Crippen molar-refractivity contribution in [1.82, 2.24) is 5.32 Å². The standard InChI is InChI=1S/C30H29NO4/c1-4-34-29(32)25-24(21-12-8-6-9-13-21)26(30(33)35-5-2)28(23-18-16-20(3)17-19-23)31-27(25)22-14-10-7-11-15-22/h6-19,28,31H,4-5H2,1-3H3. The topological polar surface area (TPSA) is 64.6 Å². The van der Waals surface area contributed by atoms with Crippen LogP contribution in [-0.2, 0) is 19.1 Å². The molecule has 5 heteroatoms. The molecule has 1 heterocycles. The highest BCUT2D eigenvalue weighted by Crippen LogP contribution is 2.43. The van der Waals surface area contributed by atoms with Crippen molar-refractivity contribution in [3.05, 3.63) is 118 Å². The Morgan fingerprint density at radius 1 is 0.743 bits per heavy atom. The maximum atomic E-state index is 13.5. The molecular formula is C30H29NO4. The van der Waals surface area contributed by atoms with Crippen LogP contribution in [0.15, 0.2) is 96.1 Å². The summed E-state index contributed by atoms with van der Waals surface area (Å²) in [7, 11) is 0. The van der Waals surface area contributed by atoms with E-state index in [9.17, 15) is 9.59 Å². The lowest BCUT2D eigenvalue weighted by atomic mass is 9.81. The number of rotatable bonds is 7. The molecule has 178 valence electrons. The summed E-state index contributed by atoms with van der Waals surface area (Å²) in [6.45, 7) is 5.99. The zero-order chi connectivity index (χ0) is 24.8. The number of benzene rings is 3. The third kappa shape index (κ3) is 5.04. The van der Waals surface area contributed by atoms with Gasteiger partial charge in [-0.15, -0.1) is 0 Å². The van der Waals surface area contributed by atoms with Crippen LogP contribution >= 0.6 is 0 Å². The molecule has 5 nitrogen and oxygen atoms in total. The summed E-state index contributed by atoms with van der Waals surface area (Å²) in [5, 5.41) is 3.50. The fourth-order valence-corrected chi connectivity index (χ4v) is 4.27. The number of hydrogen-bond donors (Lipinski definition) is 1. The minimum atomic E-state index is -0.529. The number of carbonyl (C=O) groups is 2. The van der Waals surface area contributed by atoms with E-state index < -0.39 is 18.0 Å². The highest BCUT2D eigenvalue weighted by atomic mass is 16.5. The van der Waals surface area contributed by atoms with Crippen LogP contribution in [0, 0.1) is 6.92 Å². The predicted molar refractivity (Wildman–Crippen MR) is 137 cm³/mol. The molecule has 4 rings (SSSR count). The van der Waals surface area contributed by atoms with E-state index in [1.807, 2.05) is 91.9 Å². The van der Waals surface area contributed by atoms with Gasteiger partial charge in [-0.1, -0.05) is 90.5 Å². The maximum Gasteiger partial charge on any atom is 0.340 e. The molecule has 35 heavy (non-hydrogen) atoms. The van der Waals surface area contributed by atoms with Gasteiger partial charge in [-0.05, 0) is 37.5 Å². The van der Waals surface area contributed by atoms with Gasteiger partial charge < -0.3 is 14.8 Å². The van der Waals surface area contributed by atoms with Crippen molar-refractivity contribution in [1.29, 1.82) is 0 Å². The Morgan fingerprint density at radius 3 is 1.86 bits per heavy atom. The molecule has 0 saturated carbocycles. The van der Waals surface area contributed by atoms with Crippen molar-refractivity contribution < 1.29 is 19.1 Å². The van der Waals surface area contributed by atoms with E-state index in [-0.39, 0.29) is 13.2 Å². The van der Waals surface area contributed by atoms with E-state index in [0.29, 0.717) is 22.4 Å². The van der Waals surface area contributed by atoms with E-state index >= 15 is 0 Å². The van der Waals surface area contributed by atoms with Crippen LogP contribution in [0.5, 0.6) is 0 Å². The zero-order valence-electron chi connectivity index (χ0n) is 20.2. The molecule has 1 N–H and O–H groups in total. The molecule has 0 bridgehead atoms. The SMILES string of the molecule is CCOC(=O)C1=C(c2ccccc2)NC(c2ccc(C)cc2)C(C(=O)OCC)=C1c1ccccc1. The molecule has 0 saturated heterocycles. The summed E-state index contributed by atoms with van der Waals surface area (Å²) >= 11 is 0. The number of aryl methyl sites for hydroxylation is 1. The Bertz CT molecular complexity index is 1260. The molecule has 1 unspecified atom stereocenters. The van der Waals surface area contributed by atoms with Gasteiger partial charge in [0.2, 0.25) is 0 Å². The molecular weight excluding hydrogens is 438 g/mol. The molecule has 1 aliphatic rings. The maximum absolute atomic E-state index is 13.5. The van der Waals surface area contributed by atoms with Gasteiger partial charge in [0, 0.05) is 5.57 Å². The summed E-state index contributed by atoms with van der Waals surface area (Å²) in [4.78, 5) is 27.0. The van der Waals surface area contributed by atoms with E-state index in [4.69, 9.17) is 9.47 Å². The number of hydrogen-bond acceptors (Lipinski definition) is 5. The Morgan fingerprint density at radius 2 is 1.29 bits per heavy atom. The van der Waals surface area contributed by atoms with Crippen molar-refractivity contribution in [2.75, 3.05) is 13.2 Å². The van der Waals surface area contributed by atoms with Gasteiger partial charge in [-0.2, -0.15) is 0 Å². The minimum Gasteiger partial charge on any atom is -0.463 e. The summed E-state index contributed by atoms with van der Waals surface area (Å²) < 4.78 is 11.0. The lowest BCUT2D eigenvalue weighted by Crippen LogP contribution is -2.34. The molecule has 0 aliphatic carbocycles. The van der Waals surface area contributed by atoms with E-state index in [0.717, 1.165) is 22.3 Å². The summed E-state index contributed by atoms with van der Waals surface area (Å²) in [5.41, 5.74) is 5.39. The van der Waals surface area contributed by atoms with Crippen LogP contribution in [0.25, 0.3) is 11.3 Å². The zero-order valence-corrected chi connectivity index (χ0v) is 20.2. The van der Waals surface area contributed by atoms with Gasteiger partial charge in [0.15, 0.2) is 0 Å². The fraction of sp³-hybridized carbons (Fsp3) is 0.200. The number of ether oxygens (including phenoxy) is 2. The molecule has 0 spiro atoms. The first-order valence-electron chi connectivity index (χ1n) is 11.8. The smallest absolute Gasteiger partial charge is 0.340 e. The molecule has 0 aromatic heterocycles. The molecule has 0 amide bonds. The average molecular weight is 468 g/mol. The van der Waals surface area contributed by atoms with Crippen molar-refractivity contribution in [2.24, 2.45) is 0 Å². The van der Waals surface area contributed by atoms with Crippen LogP contribution in [0.4, 0.5) is 0 Å². The summed E-state index contributed by atoms with van der Waals surface area (Å²) in [5.74, 6) is -0.972. The van der Waals surface area contributed by atoms with Crippen molar-refractivity contribution >= 4 is 23.2 Å². The molecule has 1 aliphatic heterocycles. The van der Waals surface area contributed by atoms with E-state index in [2.05, 4.69) is 5.32 Å². The van der Waals surface area contributed by atoms with Crippen LogP contribution in [0.1, 0.15) is 42.1 Å². The van der Waals surface area contributed by atoms with Gasteiger partial charge in [-0.3, -0.25) is 0 Å². The molecule has 0 radical (unpaired) electrons. The quantitative estimate of drug-likeness (QED) is 0.456. The van der Waals surface area contributed by atoms with Gasteiger partial charge >= 0.3 is 11.9 Å². The second-order valence-electron chi connectivity index (χ2n) is 8.20. The first-order chi connectivity index (χ1) is 17.0. The first-order valence-corrected chi connectivity index (χ1v) is 11.8. The molecule has 1 atom stereocenters. The van der Waals surface area contributed by atoms with Gasteiger partial charge in [0.25, 0.3) is 0 Å². The predicted octanol–water partition coefficient (Wildman–Crippen LogP) is 5.63. The Balaban J connectivity index is 2.09. The van der Waals surface area contributed by atoms with Gasteiger partial charge in [0.1, 0.15) is 0 Å². The lowest BCUT2D eigenvalue weighted by Gasteiger charge is -2.33. The highest BCUT2D eigenvalue weighted by molar-refractivity contribution is 6.19. The van der Waals surface area contributed by atoms with Crippen LogP contribution in [-0.4, -0.2) is 25.2 Å². The van der Waals surface area contributed by atoms with Crippen molar-refractivity contribution in [3.8, 4) is 0 Å². The Labute approximate surface area is 206 Å². The fourth-order valence-electron chi connectivity index (χ4n) is 4.27. The third-order valence-corrected chi connectivity index (χ3v) is 5.86. The average Bonchev–Trinajstić information content (AvgIpc) is 2.89. The van der Waals surface area contributed by atoms with Crippen LogP contribution in [0.3, 0.4) is 0 Å². The second-order valence-corrected chi connectivity index (χ2v) is 8.20.